The second kappa shape index (κ2) is 8.80. The third kappa shape index (κ3) is 3.66. The quantitative estimate of drug-likeness (QED) is 0.369. The normalized spacial score (nSPS) is 25.0. The average molecular weight is 512 g/mol. The number of benzene rings is 3. The number of para-hydroxylation sites is 1. The first-order chi connectivity index (χ1) is 18.0. The Morgan fingerprint density at radius 1 is 0.784 bits per heavy atom. The number of hydrogen-bond acceptors (Lipinski definition) is 2. The molecule has 0 atom stereocenters. The molecule has 0 radical (unpaired) electrons. The van der Waals surface area contributed by atoms with Crippen molar-refractivity contribution in [2.75, 3.05) is 5.32 Å². The van der Waals surface area contributed by atoms with Crippen molar-refractivity contribution in [3.05, 3.63) is 81.9 Å². The van der Waals surface area contributed by atoms with E-state index in [0.717, 1.165) is 28.4 Å². The molecule has 1 N–H and O–H groups in total. The molecule has 3 aromatic rings. The number of hydrogen-bond donors (Lipinski definition) is 1. The summed E-state index contributed by atoms with van der Waals surface area (Å²) in [6, 6.07) is 20.2. The van der Waals surface area contributed by atoms with Gasteiger partial charge in [-0.1, -0.05) is 62.9 Å². The zero-order chi connectivity index (χ0) is 25.2. The van der Waals surface area contributed by atoms with Crippen molar-refractivity contribution in [3.63, 3.8) is 0 Å². The lowest BCUT2D eigenvalue weighted by Gasteiger charge is -2.48. The van der Waals surface area contributed by atoms with Crippen LogP contribution in [0.3, 0.4) is 0 Å². The fourth-order valence-electron chi connectivity index (χ4n) is 8.37. The fourth-order valence-corrected chi connectivity index (χ4v) is 8.54. The van der Waals surface area contributed by atoms with Crippen LogP contribution in [-0.4, -0.2) is 0 Å². The lowest BCUT2D eigenvalue weighted by Crippen LogP contribution is -2.38. The Morgan fingerprint density at radius 2 is 1.51 bits per heavy atom. The van der Waals surface area contributed by atoms with Crippen LogP contribution in [0.5, 0.6) is 11.5 Å². The van der Waals surface area contributed by atoms with Crippen molar-refractivity contribution in [3.8, 4) is 11.5 Å². The van der Waals surface area contributed by atoms with Crippen LogP contribution in [0, 0.1) is 11.8 Å². The molecule has 4 aliphatic rings. The maximum Gasteiger partial charge on any atom is 0.133 e. The van der Waals surface area contributed by atoms with Gasteiger partial charge in [0, 0.05) is 44.4 Å². The standard InChI is InChI=1S/C34H38ClNO/c1-22(2)18-23-12-16-34(17-13-23)27-19-24(35)10-11-31(27)37-32-21-30-26(20-28(32)34)33(14-6-3-7-15-33)25-8-4-5-9-29(25)36-30/h4-5,8-11,19-23,36H,3,6-7,12-18H2,1-2H3. The van der Waals surface area contributed by atoms with Crippen LogP contribution >= 0.6 is 11.6 Å². The number of ether oxygens (including phenoxy) is 1. The minimum atomic E-state index is -0.0247. The van der Waals surface area contributed by atoms with Crippen LogP contribution in [0.25, 0.3) is 0 Å². The molecular formula is C34H38ClNO. The first kappa shape index (κ1) is 23.7. The van der Waals surface area contributed by atoms with Crippen LogP contribution in [0.1, 0.15) is 100 Å². The van der Waals surface area contributed by atoms with E-state index < -0.39 is 0 Å². The number of nitrogens with one attached hydrogen (secondary N) is 1. The van der Waals surface area contributed by atoms with Gasteiger partial charge in [-0.3, -0.25) is 0 Å². The molecule has 3 aromatic carbocycles. The zero-order valence-electron chi connectivity index (χ0n) is 22.2. The SMILES string of the molecule is CC(C)CC1CCC2(CC1)c1cc(Cl)ccc1Oc1cc3c(cc12)C1(CCCCC1)c1ccccc1N3. The van der Waals surface area contributed by atoms with Gasteiger partial charge in [0.25, 0.3) is 0 Å². The van der Waals surface area contributed by atoms with E-state index in [4.69, 9.17) is 16.3 Å². The molecule has 0 aromatic heterocycles. The van der Waals surface area contributed by atoms with Gasteiger partial charge in [0.05, 0.1) is 0 Å². The molecule has 0 amide bonds. The summed E-state index contributed by atoms with van der Waals surface area (Å²) in [5.41, 5.74) is 8.24. The van der Waals surface area contributed by atoms with Gasteiger partial charge in [0.1, 0.15) is 11.5 Å². The molecule has 0 bridgehead atoms. The monoisotopic (exact) mass is 511 g/mol. The lowest BCUT2D eigenvalue weighted by molar-refractivity contribution is 0.223. The highest BCUT2D eigenvalue weighted by molar-refractivity contribution is 6.30. The Kier molecular flexibility index (Phi) is 5.63. The maximum absolute atomic E-state index is 6.68. The molecule has 2 fully saturated rings. The van der Waals surface area contributed by atoms with Crippen LogP contribution in [0.4, 0.5) is 11.4 Å². The Balaban J connectivity index is 1.40. The molecule has 2 spiro atoms. The van der Waals surface area contributed by atoms with Crippen LogP contribution in [0.2, 0.25) is 5.02 Å². The summed E-state index contributed by atoms with van der Waals surface area (Å²) in [5, 5.41) is 4.63. The molecule has 2 saturated carbocycles. The highest BCUT2D eigenvalue weighted by Gasteiger charge is 2.48. The number of fused-ring (bicyclic) bond motifs is 8. The summed E-state index contributed by atoms with van der Waals surface area (Å²) in [6.45, 7) is 4.73. The van der Waals surface area contributed by atoms with E-state index >= 15 is 0 Å². The minimum Gasteiger partial charge on any atom is -0.457 e. The van der Waals surface area contributed by atoms with Gasteiger partial charge in [-0.15, -0.1) is 0 Å². The third-order valence-electron chi connectivity index (χ3n) is 10.0. The second-order valence-corrected chi connectivity index (χ2v) is 13.0. The molecule has 2 heterocycles. The molecule has 0 saturated heterocycles. The molecule has 7 rings (SSSR count). The molecule has 2 aliphatic heterocycles. The Bertz CT molecular complexity index is 1340. The largest absolute Gasteiger partial charge is 0.457 e. The molecule has 2 nitrogen and oxygen atoms in total. The summed E-state index contributed by atoms with van der Waals surface area (Å²) in [7, 11) is 0. The third-order valence-corrected chi connectivity index (χ3v) is 10.2. The van der Waals surface area contributed by atoms with Crippen molar-refractivity contribution >= 4 is 23.0 Å². The topological polar surface area (TPSA) is 21.3 Å². The smallest absolute Gasteiger partial charge is 0.133 e. The van der Waals surface area contributed by atoms with Gasteiger partial charge in [0.2, 0.25) is 0 Å². The Morgan fingerprint density at radius 3 is 2.30 bits per heavy atom. The first-order valence-corrected chi connectivity index (χ1v) is 14.9. The van der Waals surface area contributed by atoms with Gasteiger partial charge in [0.15, 0.2) is 0 Å². The van der Waals surface area contributed by atoms with Gasteiger partial charge >= 0.3 is 0 Å². The average Bonchev–Trinajstić information content (AvgIpc) is 2.90. The van der Waals surface area contributed by atoms with Gasteiger partial charge in [-0.25, -0.2) is 0 Å². The highest BCUT2D eigenvalue weighted by Crippen LogP contribution is 2.60. The molecule has 192 valence electrons. The second-order valence-electron chi connectivity index (χ2n) is 12.6. The Hall–Kier alpha value is -2.45. The van der Waals surface area contributed by atoms with Crippen molar-refractivity contribution in [2.45, 2.75) is 88.9 Å². The summed E-state index contributed by atoms with van der Waals surface area (Å²) >= 11 is 6.63. The van der Waals surface area contributed by atoms with E-state index in [0.29, 0.717) is 0 Å². The van der Waals surface area contributed by atoms with E-state index in [1.54, 1.807) is 0 Å². The molecular weight excluding hydrogens is 474 g/mol. The van der Waals surface area contributed by atoms with Crippen molar-refractivity contribution in [1.82, 2.24) is 0 Å². The minimum absolute atomic E-state index is 0.0247. The van der Waals surface area contributed by atoms with Gasteiger partial charge in [-0.2, -0.15) is 0 Å². The summed E-state index contributed by atoms with van der Waals surface area (Å²) < 4.78 is 6.68. The summed E-state index contributed by atoms with van der Waals surface area (Å²) in [4.78, 5) is 0. The fraction of sp³-hybridized carbons (Fsp3) is 0.471. The van der Waals surface area contributed by atoms with E-state index in [9.17, 15) is 0 Å². The van der Waals surface area contributed by atoms with E-state index in [2.05, 4.69) is 67.7 Å². The van der Waals surface area contributed by atoms with Crippen molar-refractivity contribution in [2.24, 2.45) is 11.8 Å². The Labute approximate surface area is 226 Å². The van der Waals surface area contributed by atoms with E-state index in [-0.39, 0.29) is 10.8 Å². The van der Waals surface area contributed by atoms with Crippen LogP contribution in [0.15, 0.2) is 54.6 Å². The summed E-state index contributed by atoms with van der Waals surface area (Å²) in [6.07, 6.45) is 12.6. The highest BCUT2D eigenvalue weighted by atomic mass is 35.5. The molecule has 2 aliphatic carbocycles. The number of rotatable bonds is 2. The zero-order valence-corrected chi connectivity index (χ0v) is 23.0. The first-order valence-electron chi connectivity index (χ1n) is 14.5. The number of halogens is 1. The predicted octanol–water partition coefficient (Wildman–Crippen LogP) is 10.3. The molecule has 37 heavy (non-hydrogen) atoms. The molecule has 3 heteroatoms. The maximum atomic E-state index is 6.68. The number of anilines is 2. The van der Waals surface area contributed by atoms with Crippen molar-refractivity contribution < 1.29 is 4.74 Å². The van der Waals surface area contributed by atoms with E-state index in [1.165, 1.54) is 97.8 Å². The van der Waals surface area contributed by atoms with Crippen LogP contribution in [-0.2, 0) is 10.8 Å². The van der Waals surface area contributed by atoms with Crippen LogP contribution < -0.4 is 10.1 Å². The van der Waals surface area contributed by atoms with Gasteiger partial charge < -0.3 is 10.1 Å². The molecule has 0 unspecified atom stereocenters. The predicted molar refractivity (Wildman–Crippen MR) is 154 cm³/mol. The lowest BCUT2D eigenvalue weighted by atomic mass is 9.58. The van der Waals surface area contributed by atoms with Gasteiger partial charge in [-0.05, 0) is 98.2 Å². The van der Waals surface area contributed by atoms with E-state index in [1.807, 2.05) is 6.07 Å². The summed E-state index contributed by atoms with van der Waals surface area (Å²) in [5.74, 6) is 3.60. The van der Waals surface area contributed by atoms with Crippen molar-refractivity contribution in [1.29, 1.82) is 0 Å².